The standard InChI is InChI=1S/C49H28N6O2/c1-3-14-29(15-4-1)46-50-43(45-44(51-46)34-20-9-12-24-39(34)57-45)31-26-27-40-36(28-31)42-35(21-13-25-41(42)56-40)48-52-47(30-16-5-2-6-17-30)53-49(54-48)55-37-22-10-7-18-32(37)33-19-8-11-23-38(33)55/h1-28H. The van der Waals surface area contributed by atoms with Gasteiger partial charge in [0.1, 0.15) is 28.0 Å². The summed E-state index contributed by atoms with van der Waals surface area (Å²) in [4.78, 5) is 25.7. The van der Waals surface area contributed by atoms with Crippen LogP contribution in [0.5, 0.6) is 0 Å². The molecule has 0 unspecified atom stereocenters. The van der Waals surface area contributed by atoms with Crippen LogP contribution in [0, 0.1) is 0 Å². The Morgan fingerprint density at radius 1 is 0.386 bits per heavy atom. The summed E-state index contributed by atoms with van der Waals surface area (Å²) in [5.74, 6) is 2.26. The molecule has 0 N–H and O–H groups in total. The zero-order valence-corrected chi connectivity index (χ0v) is 30.2. The number of furan rings is 2. The van der Waals surface area contributed by atoms with Gasteiger partial charge in [0.2, 0.25) is 5.95 Å². The number of rotatable bonds is 5. The molecule has 7 aromatic carbocycles. The summed E-state index contributed by atoms with van der Waals surface area (Å²) in [6, 6.07) is 57.0. The first-order chi connectivity index (χ1) is 28.2. The van der Waals surface area contributed by atoms with Gasteiger partial charge in [-0.2, -0.15) is 9.97 Å². The average Bonchev–Trinajstić information content (AvgIpc) is 3.96. The van der Waals surface area contributed by atoms with Crippen LogP contribution in [0.3, 0.4) is 0 Å². The van der Waals surface area contributed by atoms with Gasteiger partial charge in [-0.1, -0.05) is 121 Å². The van der Waals surface area contributed by atoms with Crippen molar-refractivity contribution in [3.05, 3.63) is 170 Å². The fourth-order valence-corrected chi connectivity index (χ4v) is 8.10. The fraction of sp³-hybridized carbons (Fsp3) is 0. The molecular weight excluding hydrogens is 705 g/mol. The summed E-state index contributed by atoms with van der Waals surface area (Å²) in [6.07, 6.45) is 0. The van der Waals surface area contributed by atoms with Crippen LogP contribution in [0.25, 0.3) is 117 Å². The second kappa shape index (κ2) is 12.3. The zero-order valence-electron chi connectivity index (χ0n) is 30.2. The van der Waals surface area contributed by atoms with Crippen LogP contribution < -0.4 is 0 Å². The molecule has 5 aromatic heterocycles. The van der Waals surface area contributed by atoms with E-state index in [0.717, 1.165) is 82.5 Å². The molecule has 5 heterocycles. The van der Waals surface area contributed by atoms with Crippen LogP contribution >= 0.6 is 0 Å². The summed E-state index contributed by atoms with van der Waals surface area (Å²) in [5.41, 5.74) is 9.85. The maximum absolute atomic E-state index is 6.53. The quantitative estimate of drug-likeness (QED) is 0.174. The second-order valence-electron chi connectivity index (χ2n) is 14.0. The Balaban J connectivity index is 1.11. The SMILES string of the molecule is c1ccc(-c2nc(-c3cccc4oc5ccc(-c6nc(-c7ccccc7)nc7c6oc6ccccc67)cc5c34)nc(-n3c4ccccc4c4ccccc43)n2)cc1. The molecule has 0 saturated heterocycles. The molecule has 0 aliphatic rings. The first-order valence-electron chi connectivity index (χ1n) is 18.8. The average molecular weight is 733 g/mol. The molecule has 0 spiro atoms. The van der Waals surface area contributed by atoms with Crippen LogP contribution in [0.1, 0.15) is 0 Å². The molecule has 0 fully saturated rings. The van der Waals surface area contributed by atoms with Crippen LogP contribution in [0.2, 0.25) is 0 Å². The van der Waals surface area contributed by atoms with E-state index in [9.17, 15) is 0 Å². The van der Waals surface area contributed by atoms with Crippen molar-refractivity contribution in [3.63, 3.8) is 0 Å². The van der Waals surface area contributed by atoms with Gasteiger partial charge in [-0.3, -0.25) is 4.57 Å². The number of para-hydroxylation sites is 3. The lowest BCUT2D eigenvalue weighted by atomic mass is 10.0. The predicted molar refractivity (Wildman–Crippen MR) is 226 cm³/mol. The van der Waals surface area contributed by atoms with Gasteiger partial charge in [0.15, 0.2) is 23.1 Å². The Morgan fingerprint density at radius 2 is 0.982 bits per heavy atom. The van der Waals surface area contributed by atoms with Crippen molar-refractivity contribution in [2.45, 2.75) is 0 Å². The highest BCUT2D eigenvalue weighted by atomic mass is 16.3. The fourth-order valence-electron chi connectivity index (χ4n) is 8.10. The van der Waals surface area contributed by atoms with Gasteiger partial charge in [-0.25, -0.2) is 15.0 Å². The topological polar surface area (TPSA) is 95.7 Å². The largest absolute Gasteiger partial charge is 0.456 e. The molecular formula is C49H28N6O2. The maximum Gasteiger partial charge on any atom is 0.238 e. The summed E-state index contributed by atoms with van der Waals surface area (Å²) in [6.45, 7) is 0. The van der Waals surface area contributed by atoms with E-state index < -0.39 is 0 Å². The van der Waals surface area contributed by atoms with E-state index in [0.29, 0.717) is 34.7 Å². The van der Waals surface area contributed by atoms with Gasteiger partial charge in [0, 0.05) is 49.2 Å². The lowest BCUT2D eigenvalue weighted by molar-refractivity contribution is 0.666. The Bertz CT molecular complexity index is 3480. The van der Waals surface area contributed by atoms with Gasteiger partial charge >= 0.3 is 0 Å². The van der Waals surface area contributed by atoms with Gasteiger partial charge in [0.25, 0.3) is 0 Å². The van der Waals surface area contributed by atoms with Gasteiger partial charge in [0.05, 0.1) is 11.0 Å². The van der Waals surface area contributed by atoms with E-state index in [1.54, 1.807) is 0 Å². The summed E-state index contributed by atoms with van der Waals surface area (Å²) < 4.78 is 15.2. The lowest BCUT2D eigenvalue weighted by Crippen LogP contribution is -2.06. The summed E-state index contributed by atoms with van der Waals surface area (Å²) >= 11 is 0. The zero-order chi connectivity index (χ0) is 37.5. The third kappa shape index (κ3) is 4.91. The Labute approximate surface area is 324 Å². The molecule has 0 radical (unpaired) electrons. The first-order valence-corrected chi connectivity index (χ1v) is 18.8. The Morgan fingerprint density at radius 3 is 1.72 bits per heavy atom. The Hall–Kier alpha value is -7.97. The monoisotopic (exact) mass is 732 g/mol. The number of hydrogen-bond donors (Lipinski definition) is 0. The minimum Gasteiger partial charge on any atom is -0.456 e. The van der Waals surface area contributed by atoms with Crippen LogP contribution in [-0.4, -0.2) is 29.5 Å². The van der Waals surface area contributed by atoms with Crippen molar-refractivity contribution in [1.82, 2.24) is 29.5 Å². The molecule has 0 atom stereocenters. The maximum atomic E-state index is 6.53. The highest BCUT2D eigenvalue weighted by Crippen LogP contribution is 2.41. The minimum absolute atomic E-state index is 0.531. The van der Waals surface area contributed by atoms with E-state index >= 15 is 0 Å². The van der Waals surface area contributed by atoms with Crippen molar-refractivity contribution in [2.24, 2.45) is 0 Å². The van der Waals surface area contributed by atoms with Crippen LogP contribution in [0.15, 0.2) is 179 Å². The third-order valence-corrected chi connectivity index (χ3v) is 10.7. The minimum atomic E-state index is 0.531. The van der Waals surface area contributed by atoms with E-state index in [2.05, 4.69) is 53.1 Å². The van der Waals surface area contributed by atoms with E-state index in [4.69, 9.17) is 33.8 Å². The molecule has 57 heavy (non-hydrogen) atoms. The van der Waals surface area contributed by atoms with Gasteiger partial charge in [-0.15, -0.1) is 0 Å². The molecule has 0 aliphatic carbocycles. The highest BCUT2D eigenvalue weighted by molar-refractivity contribution is 6.14. The number of aromatic nitrogens is 6. The molecule has 266 valence electrons. The first kappa shape index (κ1) is 31.4. The number of hydrogen-bond acceptors (Lipinski definition) is 7. The van der Waals surface area contributed by atoms with E-state index in [1.807, 2.05) is 121 Å². The van der Waals surface area contributed by atoms with Crippen LogP contribution in [0.4, 0.5) is 0 Å². The second-order valence-corrected chi connectivity index (χ2v) is 14.0. The van der Waals surface area contributed by atoms with Crippen molar-refractivity contribution in [2.75, 3.05) is 0 Å². The molecule has 12 rings (SSSR count). The lowest BCUT2D eigenvalue weighted by Gasteiger charge is -2.11. The van der Waals surface area contributed by atoms with Crippen molar-refractivity contribution >= 4 is 65.8 Å². The Kier molecular flexibility index (Phi) is 6.76. The van der Waals surface area contributed by atoms with E-state index in [1.165, 1.54) is 0 Å². The molecule has 8 heteroatoms. The molecule has 8 nitrogen and oxygen atoms in total. The predicted octanol–water partition coefficient (Wildman–Crippen LogP) is 12.2. The van der Waals surface area contributed by atoms with Crippen molar-refractivity contribution in [1.29, 1.82) is 0 Å². The number of nitrogens with zero attached hydrogens (tertiary/aromatic N) is 6. The van der Waals surface area contributed by atoms with Crippen molar-refractivity contribution in [3.8, 4) is 51.4 Å². The summed E-state index contributed by atoms with van der Waals surface area (Å²) in [7, 11) is 0. The van der Waals surface area contributed by atoms with Gasteiger partial charge < -0.3 is 8.83 Å². The van der Waals surface area contributed by atoms with Crippen LogP contribution in [-0.2, 0) is 0 Å². The molecule has 12 aromatic rings. The number of benzene rings is 7. The van der Waals surface area contributed by atoms with Crippen molar-refractivity contribution < 1.29 is 8.83 Å². The molecule has 0 aliphatic heterocycles. The smallest absolute Gasteiger partial charge is 0.238 e. The summed E-state index contributed by atoms with van der Waals surface area (Å²) in [5, 5.41) is 5.00. The molecule has 0 bridgehead atoms. The highest BCUT2D eigenvalue weighted by Gasteiger charge is 2.23. The normalized spacial score (nSPS) is 11.9. The van der Waals surface area contributed by atoms with Gasteiger partial charge in [-0.05, 0) is 48.5 Å². The number of fused-ring (bicyclic) bond motifs is 9. The molecule has 0 amide bonds. The molecule has 0 saturated carbocycles. The third-order valence-electron chi connectivity index (χ3n) is 10.7. The van der Waals surface area contributed by atoms with E-state index in [-0.39, 0.29) is 0 Å².